The summed E-state index contributed by atoms with van der Waals surface area (Å²) in [6, 6.07) is 17.1. The molecule has 1 aliphatic heterocycles. The summed E-state index contributed by atoms with van der Waals surface area (Å²) in [5.74, 6) is 6.67. The Morgan fingerprint density at radius 2 is 1.60 bits per heavy atom. The monoisotopic (exact) mass is 423 g/mol. The van der Waals surface area contributed by atoms with E-state index in [0.29, 0.717) is 17.9 Å². The van der Waals surface area contributed by atoms with Crippen LogP contribution in [0.1, 0.15) is 58.6 Å². The zero-order valence-corrected chi connectivity index (χ0v) is 19.8. The normalized spacial score (nSPS) is 21.8. The number of hydrogen-bond acceptors (Lipinski definition) is 2. The maximum atomic E-state index is 13.6. The van der Waals surface area contributed by atoms with Crippen molar-refractivity contribution in [1.29, 1.82) is 0 Å². The molecule has 0 aliphatic carbocycles. The van der Waals surface area contributed by atoms with Crippen molar-refractivity contribution in [2.45, 2.75) is 64.8 Å². The summed E-state index contributed by atoms with van der Waals surface area (Å²) in [6.45, 7) is 13.1. The third kappa shape index (κ3) is 4.96. The van der Waals surface area contributed by atoms with E-state index in [0.717, 1.165) is 17.5 Å². The molecule has 1 saturated heterocycles. The second-order valence-corrected chi connectivity index (χ2v) is 12.2. The molecule has 3 rings (SSSR count). The highest BCUT2D eigenvalue weighted by Crippen LogP contribution is 2.48. The Hall–Kier alpha value is -2.09. The predicted molar refractivity (Wildman–Crippen MR) is 124 cm³/mol. The summed E-state index contributed by atoms with van der Waals surface area (Å²) in [4.78, 5) is 0.366. The molecule has 0 aromatic heterocycles. The molecule has 0 spiro atoms. The molecule has 2 aromatic rings. The van der Waals surface area contributed by atoms with Crippen LogP contribution in [0, 0.1) is 29.6 Å². The van der Waals surface area contributed by atoms with Crippen LogP contribution >= 0.6 is 0 Å². The summed E-state index contributed by atoms with van der Waals surface area (Å²) < 4.78 is 28.9. The van der Waals surface area contributed by atoms with Crippen LogP contribution in [0.15, 0.2) is 59.5 Å². The highest BCUT2D eigenvalue weighted by Gasteiger charge is 2.53. The van der Waals surface area contributed by atoms with Crippen molar-refractivity contribution >= 4 is 10.0 Å². The van der Waals surface area contributed by atoms with Gasteiger partial charge in [0.15, 0.2) is 0 Å². The molecule has 0 saturated carbocycles. The molecular weight excluding hydrogens is 390 g/mol. The van der Waals surface area contributed by atoms with Gasteiger partial charge >= 0.3 is 0 Å². The largest absolute Gasteiger partial charge is 0.243 e. The highest BCUT2D eigenvalue weighted by molar-refractivity contribution is 7.89. The molecule has 2 aromatic carbocycles. The Balaban J connectivity index is 1.94. The standard InChI is InChI=1S/C26H33NO2S/c1-21-12-14-23(15-13-21)30(28,29)27-20-25(4,5)19-26(27,6)18-24(2,3)17-16-22-10-8-7-9-11-22/h7-15H,18-20H2,1-6H3. The lowest BCUT2D eigenvalue weighted by Crippen LogP contribution is -2.47. The van der Waals surface area contributed by atoms with Crippen LogP contribution in [0.25, 0.3) is 0 Å². The number of aryl methyl sites for hydroxylation is 1. The summed E-state index contributed by atoms with van der Waals surface area (Å²) in [6.07, 6.45) is 1.48. The predicted octanol–water partition coefficient (Wildman–Crippen LogP) is 5.64. The van der Waals surface area contributed by atoms with Crippen molar-refractivity contribution in [2.75, 3.05) is 6.54 Å². The number of sulfonamides is 1. The van der Waals surface area contributed by atoms with E-state index in [1.807, 2.05) is 49.4 Å². The third-order valence-corrected chi connectivity index (χ3v) is 7.80. The SMILES string of the molecule is Cc1ccc(S(=O)(=O)N2CC(C)(C)CC2(C)CC(C)(C)C#Cc2ccccc2)cc1. The van der Waals surface area contributed by atoms with Gasteiger partial charge in [-0.2, -0.15) is 4.31 Å². The minimum Gasteiger partial charge on any atom is -0.207 e. The molecule has 0 bridgehead atoms. The van der Waals surface area contributed by atoms with Gasteiger partial charge in [0.05, 0.1) is 4.90 Å². The first-order valence-electron chi connectivity index (χ1n) is 10.5. The first-order valence-corrected chi connectivity index (χ1v) is 11.9. The minimum absolute atomic E-state index is 0.0878. The fraction of sp³-hybridized carbons (Fsp3) is 0.462. The summed E-state index contributed by atoms with van der Waals surface area (Å²) in [5, 5.41) is 0. The van der Waals surface area contributed by atoms with Gasteiger partial charge in [0.25, 0.3) is 0 Å². The smallest absolute Gasteiger partial charge is 0.207 e. The first kappa shape index (κ1) is 22.6. The fourth-order valence-electron chi connectivity index (χ4n) is 4.88. The summed E-state index contributed by atoms with van der Waals surface area (Å²) in [5.41, 5.74) is 1.12. The molecule has 3 nitrogen and oxygen atoms in total. The molecule has 1 aliphatic rings. The average molecular weight is 424 g/mol. The van der Waals surface area contributed by atoms with Crippen molar-refractivity contribution in [3.63, 3.8) is 0 Å². The van der Waals surface area contributed by atoms with Gasteiger partial charge in [0.1, 0.15) is 0 Å². The Bertz CT molecular complexity index is 1060. The van der Waals surface area contributed by atoms with E-state index in [1.165, 1.54) is 0 Å². The molecule has 1 fully saturated rings. The van der Waals surface area contributed by atoms with Crippen LogP contribution in [-0.2, 0) is 10.0 Å². The Kier molecular flexibility index (Phi) is 5.93. The number of nitrogens with zero attached hydrogens (tertiary/aromatic N) is 1. The van der Waals surface area contributed by atoms with Crippen LogP contribution in [0.4, 0.5) is 0 Å². The number of benzene rings is 2. The van der Waals surface area contributed by atoms with E-state index in [1.54, 1.807) is 16.4 Å². The van der Waals surface area contributed by atoms with Crippen LogP contribution in [0.2, 0.25) is 0 Å². The van der Waals surface area contributed by atoms with E-state index >= 15 is 0 Å². The van der Waals surface area contributed by atoms with Crippen molar-refractivity contribution in [2.24, 2.45) is 10.8 Å². The highest BCUT2D eigenvalue weighted by atomic mass is 32.2. The van der Waals surface area contributed by atoms with E-state index in [-0.39, 0.29) is 10.8 Å². The van der Waals surface area contributed by atoms with Gasteiger partial charge in [-0.3, -0.25) is 0 Å². The lowest BCUT2D eigenvalue weighted by molar-refractivity contribution is 0.195. The lowest BCUT2D eigenvalue weighted by Gasteiger charge is -2.38. The van der Waals surface area contributed by atoms with Crippen molar-refractivity contribution in [3.8, 4) is 11.8 Å². The van der Waals surface area contributed by atoms with Crippen molar-refractivity contribution in [3.05, 3.63) is 65.7 Å². The maximum absolute atomic E-state index is 13.6. The average Bonchev–Trinajstić information content (AvgIpc) is 2.90. The minimum atomic E-state index is -3.59. The quantitative estimate of drug-likeness (QED) is 0.597. The fourth-order valence-corrected chi connectivity index (χ4v) is 6.84. The number of rotatable bonds is 4. The maximum Gasteiger partial charge on any atom is 0.243 e. The zero-order valence-electron chi connectivity index (χ0n) is 19.0. The van der Waals surface area contributed by atoms with Gasteiger partial charge in [-0.05, 0) is 70.2 Å². The summed E-state index contributed by atoms with van der Waals surface area (Å²) in [7, 11) is -3.59. The van der Waals surface area contributed by atoms with Gasteiger partial charge in [-0.25, -0.2) is 8.42 Å². The van der Waals surface area contributed by atoms with E-state index < -0.39 is 15.6 Å². The molecule has 0 N–H and O–H groups in total. The van der Waals surface area contributed by atoms with Gasteiger partial charge in [0, 0.05) is 23.1 Å². The molecule has 30 heavy (non-hydrogen) atoms. The van der Waals surface area contributed by atoms with Gasteiger partial charge in [0.2, 0.25) is 10.0 Å². The molecule has 4 heteroatoms. The van der Waals surface area contributed by atoms with Gasteiger partial charge in [-0.15, -0.1) is 0 Å². The molecule has 1 heterocycles. The first-order chi connectivity index (χ1) is 13.8. The number of hydrogen-bond donors (Lipinski definition) is 0. The molecule has 0 radical (unpaired) electrons. The van der Waals surface area contributed by atoms with Crippen LogP contribution < -0.4 is 0 Å². The zero-order chi connectivity index (χ0) is 22.2. The van der Waals surface area contributed by atoms with Crippen LogP contribution in [-0.4, -0.2) is 24.8 Å². The second-order valence-electron chi connectivity index (χ2n) is 10.3. The lowest BCUT2D eigenvalue weighted by atomic mass is 9.75. The van der Waals surface area contributed by atoms with Crippen molar-refractivity contribution < 1.29 is 8.42 Å². The van der Waals surface area contributed by atoms with E-state index in [9.17, 15) is 8.42 Å². The van der Waals surface area contributed by atoms with Crippen molar-refractivity contribution in [1.82, 2.24) is 4.31 Å². The second kappa shape index (κ2) is 7.87. The Morgan fingerprint density at radius 1 is 1.00 bits per heavy atom. The van der Waals surface area contributed by atoms with Crippen LogP contribution in [0.5, 0.6) is 0 Å². The molecule has 1 atom stereocenters. The topological polar surface area (TPSA) is 37.4 Å². The Labute approximate surface area is 182 Å². The van der Waals surface area contributed by atoms with E-state index in [4.69, 9.17) is 0 Å². The summed E-state index contributed by atoms with van der Waals surface area (Å²) >= 11 is 0. The van der Waals surface area contributed by atoms with Gasteiger partial charge in [-0.1, -0.05) is 61.6 Å². The van der Waals surface area contributed by atoms with Gasteiger partial charge < -0.3 is 0 Å². The Morgan fingerprint density at radius 3 is 2.20 bits per heavy atom. The van der Waals surface area contributed by atoms with Crippen LogP contribution in [0.3, 0.4) is 0 Å². The molecular formula is C26H33NO2S. The molecule has 0 amide bonds. The molecule has 1 unspecified atom stereocenters. The molecule has 160 valence electrons. The third-order valence-electron chi connectivity index (χ3n) is 5.78. The van der Waals surface area contributed by atoms with E-state index in [2.05, 4.69) is 46.5 Å².